The molecule has 1 spiro atoms. The molecule has 0 unspecified atom stereocenters. The lowest BCUT2D eigenvalue weighted by molar-refractivity contribution is -0.0490. The quantitative estimate of drug-likeness (QED) is 0.418. The molecule has 1 saturated carbocycles. The average Bonchev–Trinajstić information content (AvgIpc) is 3.44. The average molecular weight is 506 g/mol. The number of fused-ring (bicyclic) bond motifs is 2. The minimum absolute atomic E-state index is 0.0818. The number of hydrogen-bond acceptors (Lipinski definition) is 6. The van der Waals surface area contributed by atoms with Crippen molar-refractivity contribution >= 4 is 31.6 Å². The number of rotatable bonds is 5. The number of nitrogens with one attached hydrogen (secondary N) is 2. The summed E-state index contributed by atoms with van der Waals surface area (Å²) in [6.45, 7) is 8.25. The maximum absolute atomic E-state index is 12.6. The molecule has 3 heterocycles. The Hall–Kier alpha value is -3.35. The maximum atomic E-state index is 12.6. The molecule has 0 bridgehead atoms. The molecule has 2 N–H and O–H groups in total. The van der Waals surface area contributed by atoms with Crippen LogP contribution in [0.4, 0.5) is 0 Å². The van der Waals surface area contributed by atoms with E-state index in [1.165, 1.54) is 6.26 Å². The Bertz CT molecular complexity index is 1600. The topological polar surface area (TPSA) is 113 Å². The van der Waals surface area contributed by atoms with Gasteiger partial charge in [0, 0.05) is 59.0 Å². The summed E-state index contributed by atoms with van der Waals surface area (Å²) in [7, 11) is -3.44. The number of benzene rings is 2. The molecule has 8 nitrogen and oxygen atoms in total. The lowest BCUT2D eigenvalue weighted by Crippen LogP contribution is -2.62. The van der Waals surface area contributed by atoms with E-state index < -0.39 is 9.84 Å². The van der Waals surface area contributed by atoms with E-state index in [9.17, 15) is 13.7 Å². The van der Waals surface area contributed by atoms with Crippen molar-refractivity contribution in [3.63, 3.8) is 0 Å². The molecular weight excluding hydrogens is 474 g/mol. The highest BCUT2D eigenvalue weighted by Gasteiger charge is 2.49. The van der Waals surface area contributed by atoms with Gasteiger partial charge < -0.3 is 15.0 Å². The van der Waals surface area contributed by atoms with Gasteiger partial charge in [-0.15, -0.1) is 0 Å². The Kier molecular flexibility index (Phi) is 6.05. The van der Waals surface area contributed by atoms with Crippen LogP contribution >= 0.6 is 0 Å². The van der Waals surface area contributed by atoms with Crippen LogP contribution in [0.1, 0.15) is 43.4 Å². The van der Waals surface area contributed by atoms with Crippen molar-refractivity contribution in [1.82, 2.24) is 20.1 Å². The summed E-state index contributed by atoms with van der Waals surface area (Å²) in [5.74, 6) is 0.518. The van der Waals surface area contributed by atoms with Crippen molar-refractivity contribution in [3.8, 4) is 11.8 Å². The molecule has 1 aliphatic carbocycles. The standard InChI is InChI=1S/C25H25N5O3S.C2H6/c1-15-7-21(34(2,31)32)20(19-5-6-28-22(15)19)12-30-11-17-4-3-16(10-26)24(23(17)29-30)33-18-8-25(9-18)13-27-14-25;1-2/h3-7,11,18,27-28H,8-9,12-14H2,1-2H3;1-2H3. The predicted molar refractivity (Wildman–Crippen MR) is 140 cm³/mol. The first-order valence-electron chi connectivity index (χ1n) is 12.3. The van der Waals surface area contributed by atoms with Gasteiger partial charge in [0.15, 0.2) is 15.6 Å². The van der Waals surface area contributed by atoms with Gasteiger partial charge in [0.05, 0.1) is 17.0 Å². The summed E-state index contributed by atoms with van der Waals surface area (Å²) < 4.78 is 33.3. The van der Waals surface area contributed by atoms with E-state index in [4.69, 9.17) is 9.84 Å². The molecule has 2 aliphatic rings. The number of sulfone groups is 1. The van der Waals surface area contributed by atoms with Gasteiger partial charge in [-0.25, -0.2) is 8.42 Å². The van der Waals surface area contributed by atoms with E-state index in [0.717, 1.165) is 47.8 Å². The Labute approximate surface area is 211 Å². The van der Waals surface area contributed by atoms with Crippen LogP contribution in [0.25, 0.3) is 21.8 Å². The van der Waals surface area contributed by atoms with Gasteiger partial charge >= 0.3 is 0 Å². The van der Waals surface area contributed by atoms with E-state index in [1.807, 2.05) is 45.3 Å². The van der Waals surface area contributed by atoms with Crippen molar-refractivity contribution < 1.29 is 13.2 Å². The Morgan fingerprint density at radius 3 is 2.64 bits per heavy atom. The first-order chi connectivity index (χ1) is 17.3. The number of hydrogen-bond donors (Lipinski definition) is 2. The summed E-state index contributed by atoms with van der Waals surface area (Å²) in [6, 6.07) is 9.48. The summed E-state index contributed by atoms with van der Waals surface area (Å²) in [4.78, 5) is 3.51. The van der Waals surface area contributed by atoms with E-state index in [-0.39, 0.29) is 12.6 Å². The Balaban J connectivity index is 0.00000130. The molecule has 4 aromatic rings. The molecule has 1 saturated heterocycles. The van der Waals surface area contributed by atoms with E-state index in [1.54, 1.807) is 16.8 Å². The van der Waals surface area contributed by atoms with Crippen LogP contribution in [-0.4, -0.2) is 48.6 Å². The molecule has 1 aliphatic heterocycles. The van der Waals surface area contributed by atoms with Crippen LogP contribution in [0.5, 0.6) is 5.75 Å². The highest BCUT2D eigenvalue weighted by Crippen LogP contribution is 2.46. The van der Waals surface area contributed by atoms with Crippen molar-refractivity contribution in [2.45, 2.75) is 51.2 Å². The SMILES string of the molecule is CC.Cc1cc(S(C)(=O)=O)c(Cn2cc3ccc(C#N)c(OC4CC5(CNC5)C4)c3n2)c2cc[nH]c12. The van der Waals surface area contributed by atoms with Gasteiger partial charge in [0.25, 0.3) is 0 Å². The molecule has 0 atom stereocenters. The molecule has 2 aromatic carbocycles. The molecular formula is C27H31N5O3S. The minimum Gasteiger partial charge on any atom is -0.487 e. The zero-order valence-electron chi connectivity index (χ0n) is 21.1. The van der Waals surface area contributed by atoms with Gasteiger partial charge in [0.2, 0.25) is 0 Å². The van der Waals surface area contributed by atoms with Gasteiger partial charge in [-0.3, -0.25) is 4.68 Å². The molecule has 6 rings (SSSR count). The van der Waals surface area contributed by atoms with Crippen LogP contribution in [0.15, 0.2) is 41.6 Å². The third kappa shape index (κ3) is 4.04. The van der Waals surface area contributed by atoms with E-state index in [0.29, 0.717) is 32.7 Å². The van der Waals surface area contributed by atoms with Crippen LogP contribution in [0, 0.1) is 23.7 Å². The zero-order chi connectivity index (χ0) is 25.7. The smallest absolute Gasteiger partial charge is 0.175 e. The van der Waals surface area contributed by atoms with Gasteiger partial charge in [-0.05, 0) is 49.6 Å². The second-order valence-electron chi connectivity index (χ2n) is 9.78. The fourth-order valence-corrected chi connectivity index (χ4v) is 6.43. The predicted octanol–water partition coefficient (Wildman–Crippen LogP) is 4.31. The summed E-state index contributed by atoms with van der Waals surface area (Å²) in [5, 5.41) is 19.5. The van der Waals surface area contributed by atoms with Crippen molar-refractivity contribution in [2.24, 2.45) is 5.41 Å². The third-order valence-corrected chi connectivity index (χ3v) is 8.40. The number of ether oxygens (including phenoxy) is 1. The highest BCUT2D eigenvalue weighted by molar-refractivity contribution is 7.90. The largest absolute Gasteiger partial charge is 0.487 e. The Morgan fingerprint density at radius 1 is 1.25 bits per heavy atom. The van der Waals surface area contributed by atoms with E-state index >= 15 is 0 Å². The number of aryl methyl sites for hydroxylation is 1. The molecule has 9 heteroatoms. The zero-order valence-corrected chi connectivity index (χ0v) is 21.9. The molecule has 2 fully saturated rings. The monoisotopic (exact) mass is 505 g/mol. The second kappa shape index (κ2) is 8.95. The van der Waals surface area contributed by atoms with Gasteiger partial charge in [-0.1, -0.05) is 13.8 Å². The summed E-state index contributed by atoms with van der Waals surface area (Å²) in [5.41, 5.74) is 3.94. The van der Waals surface area contributed by atoms with Crippen LogP contribution in [0.2, 0.25) is 0 Å². The second-order valence-corrected chi connectivity index (χ2v) is 11.8. The molecule has 2 aromatic heterocycles. The Morgan fingerprint density at radius 2 is 2.00 bits per heavy atom. The number of nitrogens with zero attached hydrogens (tertiary/aromatic N) is 3. The molecule has 36 heavy (non-hydrogen) atoms. The van der Waals surface area contributed by atoms with Gasteiger partial charge in [-0.2, -0.15) is 10.4 Å². The van der Waals surface area contributed by atoms with Crippen LogP contribution in [-0.2, 0) is 16.4 Å². The number of aromatic amines is 1. The molecule has 0 amide bonds. The summed E-state index contributed by atoms with van der Waals surface area (Å²) in [6.07, 6.45) is 6.98. The van der Waals surface area contributed by atoms with E-state index in [2.05, 4.69) is 16.4 Å². The van der Waals surface area contributed by atoms with Crippen molar-refractivity contribution in [1.29, 1.82) is 5.26 Å². The maximum Gasteiger partial charge on any atom is 0.175 e. The molecule has 188 valence electrons. The highest BCUT2D eigenvalue weighted by atomic mass is 32.2. The lowest BCUT2D eigenvalue weighted by atomic mass is 9.63. The first kappa shape index (κ1) is 24.3. The lowest BCUT2D eigenvalue weighted by Gasteiger charge is -2.53. The fourth-order valence-electron chi connectivity index (χ4n) is 5.42. The first-order valence-corrected chi connectivity index (χ1v) is 14.2. The van der Waals surface area contributed by atoms with Crippen molar-refractivity contribution in [2.75, 3.05) is 19.3 Å². The number of aromatic nitrogens is 3. The third-order valence-electron chi connectivity index (χ3n) is 7.24. The fraction of sp³-hybridized carbons (Fsp3) is 0.407. The minimum atomic E-state index is -3.44. The summed E-state index contributed by atoms with van der Waals surface area (Å²) >= 11 is 0. The van der Waals surface area contributed by atoms with Crippen LogP contribution < -0.4 is 10.1 Å². The number of nitriles is 1. The van der Waals surface area contributed by atoms with Gasteiger partial charge in [0.1, 0.15) is 17.7 Å². The normalized spacial score (nSPS) is 16.8. The van der Waals surface area contributed by atoms with Crippen molar-refractivity contribution in [3.05, 3.63) is 53.3 Å². The molecule has 0 radical (unpaired) electrons. The van der Waals surface area contributed by atoms with Crippen LogP contribution in [0.3, 0.4) is 0 Å². The number of H-pyrrole nitrogens is 1.